The van der Waals surface area contributed by atoms with E-state index in [0.29, 0.717) is 5.75 Å². The Labute approximate surface area is 144 Å². The summed E-state index contributed by atoms with van der Waals surface area (Å²) in [5, 5.41) is 6.94. The van der Waals surface area contributed by atoms with E-state index >= 15 is 0 Å². The highest BCUT2D eigenvalue weighted by Crippen LogP contribution is 2.21. The van der Waals surface area contributed by atoms with E-state index in [1.165, 1.54) is 11.1 Å². The van der Waals surface area contributed by atoms with Crippen LogP contribution in [0.3, 0.4) is 0 Å². The normalized spacial score (nSPS) is 19.6. The third-order valence-electron chi connectivity index (χ3n) is 4.40. The topological polar surface area (TPSA) is 58.2 Å². The van der Waals surface area contributed by atoms with Crippen LogP contribution in [-0.4, -0.2) is 39.1 Å². The summed E-state index contributed by atoms with van der Waals surface area (Å²) in [4.78, 5) is 0. The summed E-state index contributed by atoms with van der Waals surface area (Å²) < 4.78 is 23.0. The molecule has 24 heavy (non-hydrogen) atoms. The highest BCUT2D eigenvalue weighted by molar-refractivity contribution is 7.91. The molecule has 1 fully saturated rings. The molecule has 128 valence electrons. The molecule has 0 unspecified atom stereocenters. The van der Waals surface area contributed by atoms with Gasteiger partial charge in [0.2, 0.25) is 0 Å². The van der Waals surface area contributed by atoms with Gasteiger partial charge in [0.1, 0.15) is 0 Å². The zero-order valence-corrected chi connectivity index (χ0v) is 14.5. The predicted molar refractivity (Wildman–Crippen MR) is 97.8 cm³/mol. The molecule has 0 aromatic heterocycles. The van der Waals surface area contributed by atoms with Crippen molar-refractivity contribution in [2.75, 3.05) is 24.6 Å². The summed E-state index contributed by atoms with van der Waals surface area (Å²) in [5.74, 6) is 0.586. The van der Waals surface area contributed by atoms with Crippen molar-refractivity contribution < 1.29 is 8.42 Å². The van der Waals surface area contributed by atoms with E-state index in [2.05, 4.69) is 59.2 Å². The minimum Gasteiger partial charge on any atom is -0.312 e. The van der Waals surface area contributed by atoms with Crippen LogP contribution in [0.15, 0.2) is 60.7 Å². The number of hydrogen-bond donors (Lipinski definition) is 2. The second-order valence-corrected chi connectivity index (χ2v) is 8.49. The molecule has 0 aliphatic carbocycles. The molecule has 1 atom stereocenters. The summed E-state index contributed by atoms with van der Waals surface area (Å²) >= 11 is 0. The van der Waals surface area contributed by atoms with E-state index in [0.717, 1.165) is 19.5 Å². The molecule has 2 N–H and O–H groups in total. The van der Waals surface area contributed by atoms with Crippen LogP contribution in [0.4, 0.5) is 0 Å². The predicted octanol–water partition coefficient (Wildman–Crippen LogP) is 2.14. The molecular formula is C19H24N2O2S. The van der Waals surface area contributed by atoms with Crippen LogP contribution in [0.5, 0.6) is 0 Å². The largest absolute Gasteiger partial charge is 0.312 e. The van der Waals surface area contributed by atoms with Crippen molar-refractivity contribution >= 4 is 9.84 Å². The number of rotatable bonds is 7. The molecule has 0 spiro atoms. The van der Waals surface area contributed by atoms with Gasteiger partial charge >= 0.3 is 0 Å². The van der Waals surface area contributed by atoms with Crippen LogP contribution in [-0.2, 0) is 9.84 Å². The Hall–Kier alpha value is -1.69. The van der Waals surface area contributed by atoms with Gasteiger partial charge in [0, 0.05) is 19.1 Å². The molecule has 5 heteroatoms. The highest BCUT2D eigenvalue weighted by atomic mass is 32.2. The molecule has 0 bridgehead atoms. The first-order valence-electron chi connectivity index (χ1n) is 8.41. The number of hydrogen-bond acceptors (Lipinski definition) is 4. The zero-order valence-electron chi connectivity index (χ0n) is 13.7. The lowest BCUT2D eigenvalue weighted by molar-refractivity contribution is 0.515. The van der Waals surface area contributed by atoms with E-state index in [-0.39, 0.29) is 17.8 Å². The minimum absolute atomic E-state index is 0.101. The van der Waals surface area contributed by atoms with Crippen molar-refractivity contribution in [1.82, 2.24) is 10.6 Å². The third-order valence-corrected chi connectivity index (χ3v) is 6.17. The Kier molecular flexibility index (Phi) is 5.66. The Bertz CT molecular complexity index is 693. The van der Waals surface area contributed by atoms with Crippen molar-refractivity contribution in [2.24, 2.45) is 0 Å². The van der Waals surface area contributed by atoms with Crippen molar-refractivity contribution in [3.05, 3.63) is 71.8 Å². The molecule has 1 saturated heterocycles. The van der Waals surface area contributed by atoms with Crippen LogP contribution >= 0.6 is 0 Å². The van der Waals surface area contributed by atoms with E-state index in [9.17, 15) is 8.42 Å². The van der Waals surface area contributed by atoms with Gasteiger partial charge in [0.15, 0.2) is 9.84 Å². The molecule has 2 aromatic rings. The Morgan fingerprint density at radius 2 is 1.50 bits per heavy atom. The standard InChI is InChI=1S/C19H24N2O2S/c22-24(23)14-11-18(15-24)20-12-13-21-19(16-7-3-1-4-8-16)17-9-5-2-6-10-17/h1-10,18-21H,11-15H2/t18-/m1/s1. The maximum Gasteiger partial charge on any atom is 0.151 e. The zero-order chi connectivity index (χ0) is 16.8. The van der Waals surface area contributed by atoms with Gasteiger partial charge in [-0.2, -0.15) is 0 Å². The van der Waals surface area contributed by atoms with Crippen LogP contribution in [0, 0.1) is 0 Å². The van der Waals surface area contributed by atoms with Gasteiger partial charge < -0.3 is 10.6 Å². The second kappa shape index (κ2) is 7.92. The summed E-state index contributed by atoms with van der Waals surface area (Å²) in [6, 6.07) is 21.0. The average molecular weight is 344 g/mol. The first-order valence-corrected chi connectivity index (χ1v) is 10.2. The molecule has 4 nitrogen and oxygen atoms in total. The highest BCUT2D eigenvalue weighted by Gasteiger charge is 2.27. The number of benzene rings is 2. The molecule has 0 amide bonds. The van der Waals surface area contributed by atoms with E-state index < -0.39 is 9.84 Å². The van der Waals surface area contributed by atoms with E-state index in [1.54, 1.807) is 0 Å². The summed E-state index contributed by atoms with van der Waals surface area (Å²) in [6.45, 7) is 1.54. The smallest absolute Gasteiger partial charge is 0.151 e. The lowest BCUT2D eigenvalue weighted by Crippen LogP contribution is -2.37. The van der Waals surface area contributed by atoms with E-state index in [4.69, 9.17) is 0 Å². The summed E-state index contributed by atoms with van der Waals surface area (Å²) in [6.07, 6.45) is 0.725. The SMILES string of the molecule is O=S1(=O)CC[C@@H](NCCNC(c2ccccc2)c2ccccc2)C1. The first-order chi connectivity index (χ1) is 11.6. The Morgan fingerprint density at radius 3 is 2.00 bits per heavy atom. The second-order valence-electron chi connectivity index (χ2n) is 6.26. The van der Waals surface area contributed by atoms with Gasteiger partial charge in [-0.25, -0.2) is 8.42 Å². The molecule has 0 radical (unpaired) electrons. The lowest BCUT2D eigenvalue weighted by atomic mass is 9.99. The quantitative estimate of drug-likeness (QED) is 0.756. The molecule has 1 aliphatic heterocycles. The van der Waals surface area contributed by atoms with Gasteiger partial charge in [0.05, 0.1) is 17.5 Å². The minimum atomic E-state index is -2.82. The van der Waals surface area contributed by atoms with Gasteiger partial charge in [-0.15, -0.1) is 0 Å². The third kappa shape index (κ3) is 4.66. The molecule has 0 saturated carbocycles. The fraction of sp³-hybridized carbons (Fsp3) is 0.368. The van der Waals surface area contributed by atoms with Crippen molar-refractivity contribution in [2.45, 2.75) is 18.5 Å². The average Bonchev–Trinajstić information content (AvgIpc) is 2.95. The van der Waals surface area contributed by atoms with Crippen molar-refractivity contribution in [1.29, 1.82) is 0 Å². The van der Waals surface area contributed by atoms with Crippen molar-refractivity contribution in [3.8, 4) is 0 Å². The molecule has 2 aromatic carbocycles. The van der Waals surface area contributed by atoms with E-state index in [1.807, 2.05) is 12.1 Å². The molecule has 1 heterocycles. The molecular weight excluding hydrogens is 320 g/mol. The van der Waals surface area contributed by atoms with Crippen LogP contribution < -0.4 is 10.6 Å². The van der Waals surface area contributed by atoms with Gasteiger partial charge in [0.25, 0.3) is 0 Å². The Balaban J connectivity index is 1.57. The van der Waals surface area contributed by atoms with Gasteiger partial charge in [-0.1, -0.05) is 60.7 Å². The van der Waals surface area contributed by atoms with Crippen LogP contribution in [0.2, 0.25) is 0 Å². The fourth-order valence-electron chi connectivity index (χ4n) is 3.17. The summed E-state index contributed by atoms with van der Waals surface area (Å²) in [5.41, 5.74) is 2.46. The van der Waals surface area contributed by atoms with Crippen LogP contribution in [0.25, 0.3) is 0 Å². The first kappa shape index (κ1) is 17.1. The molecule has 1 aliphatic rings. The number of nitrogens with one attached hydrogen (secondary N) is 2. The maximum absolute atomic E-state index is 11.5. The Morgan fingerprint density at radius 1 is 0.917 bits per heavy atom. The fourth-order valence-corrected chi connectivity index (χ4v) is 4.88. The van der Waals surface area contributed by atoms with Crippen LogP contribution in [0.1, 0.15) is 23.6 Å². The maximum atomic E-state index is 11.5. The monoisotopic (exact) mass is 344 g/mol. The lowest BCUT2D eigenvalue weighted by Gasteiger charge is -2.21. The summed E-state index contributed by atoms with van der Waals surface area (Å²) in [7, 11) is -2.82. The van der Waals surface area contributed by atoms with Gasteiger partial charge in [-0.05, 0) is 17.5 Å². The van der Waals surface area contributed by atoms with Crippen molar-refractivity contribution in [3.63, 3.8) is 0 Å². The number of sulfone groups is 1. The van der Waals surface area contributed by atoms with Gasteiger partial charge in [-0.3, -0.25) is 0 Å². The molecule has 3 rings (SSSR count).